The molecule has 0 fully saturated rings. The predicted molar refractivity (Wildman–Crippen MR) is 141 cm³/mol. The van der Waals surface area contributed by atoms with E-state index in [1.165, 1.54) is 19.8 Å². The Morgan fingerprint density at radius 3 is 2.22 bits per heavy atom. The third-order valence-electron chi connectivity index (χ3n) is 5.91. The van der Waals surface area contributed by atoms with Crippen LogP contribution in [-0.2, 0) is 10.2 Å². The van der Waals surface area contributed by atoms with E-state index in [2.05, 4.69) is 36.6 Å². The minimum absolute atomic E-state index is 0.0479. The van der Waals surface area contributed by atoms with Crippen LogP contribution < -0.4 is 24.8 Å². The van der Waals surface area contributed by atoms with E-state index in [-0.39, 0.29) is 29.9 Å². The van der Waals surface area contributed by atoms with Crippen molar-refractivity contribution in [1.29, 1.82) is 0 Å². The summed E-state index contributed by atoms with van der Waals surface area (Å²) in [6.45, 7) is 6.11. The number of amides is 2. The van der Waals surface area contributed by atoms with Gasteiger partial charge in [0.2, 0.25) is 0 Å². The van der Waals surface area contributed by atoms with E-state index in [4.69, 9.17) is 14.2 Å². The SMILES string of the molecule is COc1ccccc1NC(=O)COc1ccc(C(=O)NC(C)CC(C)(C)c2ccccc2)cc1OC. The molecule has 2 amide bonds. The summed E-state index contributed by atoms with van der Waals surface area (Å²) in [5.74, 6) is 0.732. The lowest BCUT2D eigenvalue weighted by atomic mass is 9.79. The van der Waals surface area contributed by atoms with Crippen molar-refractivity contribution in [2.75, 3.05) is 26.1 Å². The Morgan fingerprint density at radius 2 is 1.53 bits per heavy atom. The Kier molecular flexibility index (Phi) is 8.95. The van der Waals surface area contributed by atoms with Gasteiger partial charge in [0.15, 0.2) is 18.1 Å². The number of hydrogen-bond acceptors (Lipinski definition) is 5. The number of para-hydroxylation sites is 2. The Morgan fingerprint density at radius 1 is 0.861 bits per heavy atom. The van der Waals surface area contributed by atoms with E-state index in [1.54, 1.807) is 36.4 Å². The molecule has 190 valence electrons. The quantitative estimate of drug-likeness (QED) is 0.386. The van der Waals surface area contributed by atoms with Gasteiger partial charge in [-0.1, -0.05) is 56.3 Å². The zero-order chi connectivity index (χ0) is 26.1. The highest BCUT2D eigenvalue weighted by molar-refractivity contribution is 5.95. The number of anilines is 1. The lowest BCUT2D eigenvalue weighted by Crippen LogP contribution is -2.37. The second-order valence-electron chi connectivity index (χ2n) is 9.23. The third kappa shape index (κ3) is 7.01. The van der Waals surface area contributed by atoms with Crippen LogP contribution in [0.1, 0.15) is 43.1 Å². The molecule has 0 aliphatic rings. The highest BCUT2D eigenvalue weighted by Crippen LogP contribution is 2.30. The van der Waals surface area contributed by atoms with Crippen molar-refractivity contribution in [3.63, 3.8) is 0 Å². The molecule has 36 heavy (non-hydrogen) atoms. The van der Waals surface area contributed by atoms with Gasteiger partial charge in [0.1, 0.15) is 5.75 Å². The van der Waals surface area contributed by atoms with Crippen LogP contribution >= 0.6 is 0 Å². The molecule has 2 N–H and O–H groups in total. The van der Waals surface area contributed by atoms with Gasteiger partial charge in [0.25, 0.3) is 11.8 Å². The third-order valence-corrected chi connectivity index (χ3v) is 5.91. The Balaban J connectivity index is 1.59. The van der Waals surface area contributed by atoms with Gasteiger partial charge >= 0.3 is 0 Å². The molecule has 0 saturated heterocycles. The number of methoxy groups -OCH3 is 2. The maximum Gasteiger partial charge on any atom is 0.262 e. The number of ether oxygens (including phenoxy) is 3. The van der Waals surface area contributed by atoms with E-state index in [0.717, 1.165) is 6.42 Å². The largest absolute Gasteiger partial charge is 0.495 e. The first-order chi connectivity index (χ1) is 17.2. The van der Waals surface area contributed by atoms with E-state index in [9.17, 15) is 9.59 Å². The van der Waals surface area contributed by atoms with Crippen molar-refractivity contribution in [2.24, 2.45) is 0 Å². The van der Waals surface area contributed by atoms with Gasteiger partial charge in [-0.05, 0) is 54.7 Å². The lowest BCUT2D eigenvalue weighted by molar-refractivity contribution is -0.118. The molecule has 7 nitrogen and oxygen atoms in total. The summed E-state index contributed by atoms with van der Waals surface area (Å²) in [5, 5.41) is 5.83. The van der Waals surface area contributed by atoms with Gasteiger partial charge in [0, 0.05) is 11.6 Å². The number of rotatable bonds is 11. The second kappa shape index (κ2) is 12.1. The Hall–Kier alpha value is -4.00. The molecule has 3 aromatic rings. The molecule has 0 radical (unpaired) electrons. The summed E-state index contributed by atoms with van der Waals surface area (Å²) >= 11 is 0. The van der Waals surface area contributed by atoms with Crippen molar-refractivity contribution < 1.29 is 23.8 Å². The summed E-state index contributed by atoms with van der Waals surface area (Å²) < 4.78 is 16.3. The molecule has 0 bridgehead atoms. The van der Waals surface area contributed by atoms with E-state index >= 15 is 0 Å². The van der Waals surface area contributed by atoms with Gasteiger partial charge < -0.3 is 24.8 Å². The van der Waals surface area contributed by atoms with Crippen molar-refractivity contribution in [2.45, 2.75) is 38.6 Å². The maximum absolute atomic E-state index is 12.9. The molecule has 1 atom stereocenters. The van der Waals surface area contributed by atoms with Crippen LogP contribution in [0.4, 0.5) is 5.69 Å². The lowest BCUT2D eigenvalue weighted by Gasteiger charge is -2.29. The van der Waals surface area contributed by atoms with Gasteiger partial charge in [-0.2, -0.15) is 0 Å². The number of nitrogens with one attached hydrogen (secondary N) is 2. The van der Waals surface area contributed by atoms with Crippen LogP contribution in [-0.4, -0.2) is 38.7 Å². The fraction of sp³-hybridized carbons (Fsp3) is 0.310. The van der Waals surface area contributed by atoms with Crippen LogP contribution in [0.25, 0.3) is 0 Å². The molecule has 0 heterocycles. The minimum atomic E-state index is -0.349. The first kappa shape index (κ1) is 26.6. The average molecular weight is 491 g/mol. The zero-order valence-corrected chi connectivity index (χ0v) is 21.5. The van der Waals surface area contributed by atoms with Gasteiger partial charge in [-0.15, -0.1) is 0 Å². The van der Waals surface area contributed by atoms with Crippen LogP contribution in [0.5, 0.6) is 17.2 Å². The average Bonchev–Trinajstić information content (AvgIpc) is 2.87. The van der Waals surface area contributed by atoms with E-state index in [0.29, 0.717) is 28.5 Å². The van der Waals surface area contributed by atoms with Gasteiger partial charge in [-0.3, -0.25) is 9.59 Å². The van der Waals surface area contributed by atoms with Crippen LogP contribution in [0.15, 0.2) is 72.8 Å². The van der Waals surface area contributed by atoms with E-state index < -0.39 is 0 Å². The monoisotopic (exact) mass is 490 g/mol. The summed E-state index contributed by atoms with van der Waals surface area (Å²) in [5.41, 5.74) is 2.14. The van der Waals surface area contributed by atoms with Gasteiger partial charge in [-0.25, -0.2) is 0 Å². The predicted octanol–water partition coefficient (Wildman–Crippen LogP) is 5.21. The minimum Gasteiger partial charge on any atom is -0.495 e. The molecule has 0 aliphatic carbocycles. The zero-order valence-electron chi connectivity index (χ0n) is 21.5. The summed E-state index contributed by atoms with van der Waals surface area (Å²) in [7, 11) is 3.03. The number of hydrogen-bond donors (Lipinski definition) is 2. The molecule has 3 aromatic carbocycles. The standard InChI is InChI=1S/C29H34N2O5/c1-20(18-29(2,3)22-11-7-6-8-12-22)30-28(33)21-15-16-25(26(17-21)35-5)36-19-27(32)31-23-13-9-10-14-24(23)34-4/h6-17,20H,18-19H2,1-5H3,(H,30,33)(H,31,32). The first-order valence-corrected chi connectivity index (χ1v) is 11.8. The molecule has 3 rings (SSSR count). The maximum atomic E-state index is 12.9. The summed E-state index contributed by atoms with van der Waals surface area (Å²) in [6, 6.07) is 22.2. The van der Waals surface area contributed by atoms with Crippen molar-refractivity contribution in [3.8, 4) is 17.2 Å². The molecule has 7 heteroatoms. The van der Waals surface area contributed by atoms with Crippen molar-refractivity contribution >= 4 is 17.5 Å². The fourth-order valence-electron chi connectivity index (χ4n) is 4.14. The summed E-state index contributed by atoms with van der Waals surface area (Å²) in [4.78, 5) is 25.3. The highest BCUT2D eigenvalue weighted by Gasteiger charge is 2.24. The molecule has 0 saturated carbocycles. The first-order valence-electron chi connectivity index (χ1n) is 11.8. The van der Waals surface area contributed by atoms with Crippen LogP contribution in [0.2, 0.25) is 0 Å². The molecular weight excluding hydrogens is 456 g/mol. The van der Waals surface area contributed by atoms with Crippen molar-refractivity contribution in [3.05, 3.63) is 83.9 Å². The summed E-state index contributed by atoms with van der Waals surface area (Å²) in [6.07, 6.45) is 0.780. The smallest absolute Gasteiger partial charge is 0.262 e. The highest BCUT2D eigenvalue weighted by atomic mass is 16.5. The Labute approximate surface area is 212 Å². The Bertz CT molecular complexity index is 1180. The molecular formula is C29H34N2O5. The van der Waals surface area contributed by atoms with Crippen molar-refractivity contribution in [1.82, 2.24) is 5.32 Å². The fourth-order valence-corrected chi connectivity index (χ4v) is 4.14. The number of carbonyl (C=O) groups is 2. The topological polar surface area (TPSA) is 85.9 Å². The molecule has 1 unspecified atom stereocenters. The van der Waals surface area contributed by atoms with Crippen LogP contribution in [0, 0.1) is 0 Å². The normalized spacial score (nSPS) is 11.8. The number of carbonyl (C=O) groups excluding carboxylic acids is 2. The van der Waals surface area contributed by atoms with Crippen LogP contribution in [0.3, 0.4) is 0 Å². The molecule has 0 aromatic heterocycles. The second-order valence-corrected chi connectivity index (χ2v) is 9.23. The molecule has 0 spiro atoms. The number of benzene rings is 3. The van der Waals surface area contributed by atoms with Gasteiger partial charge in [0.05, 0.1) is 19.9 Å². The molecule has 0 aliphatic heterocycles. The van der Waals surface area contributed by atoms with E-state index in [1.807, 2.05) is 31.2 Å².